The van der Waals surface area contributed by atoms with Crippen molar-refractivity contribution >= 4 is 46.4 Å². The highest BCUT2D eigenvalue weighted by Crippen LogP contribution is 2.17. The molecule has 162 valence electrons. The molecule has 0 unspecified atom stereocenters. The molecular weight excluding hydrogens is 422 g/mol. The Kier molecular flexibility index (Phi) is 8.15. The van der Waals surface area contributed by atoms with Crippen molar-refractivity contribution in [1.29, 1.82) is 0 Å². The Balaban J connectivity index is 1.77. The van der Waals surface area contributed by atoms with Crippen molar-refractivity contribution in [2.45, 2.75) is 26.7 Å². The lowest BCUT2D eigenvalue weighted by molar-refractivity contribution is -0.385. The number of hydrogen-bond donors (Lipinski definition) is 4. The summed E-state index contributed by atoms with van der Waals surface area (Å²) in [5, 5.41) is 15.7. The van der Waals surface area contributed by atoms with Crippen LogP contribution in [-0.2, 0) is 9.59 Å². The van der Waals surface area contributed by atoms with Crippen LogP contribution in [0.5, 0.6) is 0 Å². The number of nitrogens with one attached hydrogen (secondary N) is 4. The maximum atomic E-state index is 12.2. The monoisotopic (exact) mass is 443 g/mol. The lowest BCUT2D eigenvalue weighted by atomic mass is 10.1. The zero-order valence-corrected chi connectivity index (χ0v) is 17.7. The highest BCUT2D eigenvalue weighted by molar-refractivity contribution is 7.80. The van der Waals surface area contributed by atoms with Crippen LogP contribution in [0.15, 0.2) is 42.5 Å². The maximum absolute atomic E-state index is 12.2. The van der Waals surface area contributed by atoms with Gasteiger partial charge < -0.3 is 5.32 Å². The lowest BCUT2D eigenvalue weighted by Crippen LogP contribution is -2.48. The summed E-state index contributed by atoms with van der Waals surface area (Å²) in [5.74, 6) is -1.65. The fourth-order valence-electron chi connectivity index (χ4n) is 2.61. The van der Waals surface area contributed by atoms with Gasteiger partial charge in [0, 0.05) is 24.6 Å². The number of carbonyl (C=O) groups is 3. The van der Waals surface area contributed by atoms with Crippen LogP contribution in [0, 0.1) is 24.0 Å². The molecule has 4 N–H and O–H groups in total. The van der Waals surface area contributed by atoms with Crippen LogP contribution in [-0.4, -0.2) is 27.8 Å². The number of rotatable bonds is 6. The molecule has 0 atom stereocenters. The lowest BCUT2D eigenvalue weighted by Gasteiger charge is -2.11. The van der Waals surface area contributed by atoms with E-state index in [9.17, 15) is 24.5 Å². The van der Waals surface area contributed by atoms with Crippen molar-refractivity contribution in [2.24, 2.45) is 0 Å². The first-order chi connectivity index (χ1) is 14.7. The van der Waals surface area contributed by atoms with Gasteiger partial charge in [-0.25, -0.2) is 0 Å². The number of benzene rings is 2. The van der Waals surface area contributed by atoms with Crippen molar-refractivity contribution in [1.82, 2.24) is 16.2 Å². The number of anilines is 1. The van der Waals surface area contributed by atoms with E-state index in [1.165, 1.54) is 24.3 Å². The third kappa shape index (κ3) is 7.16. The van der Waals surface area contributed by atoms with Gasteiger partial charge in [0.15, 0.2) is 5.11 Å². The molecule has 0 aromatic heterocycles. The van der Waals surface area contributed by atoms with E-state index in [4.69, 9.17) is 12.2 Å². The second-order valence-electron chi connectivity index (χ2n) is 6.60. The number of nitro benzene ring substituents is 1. The summed E-state index contributed by atoms with van der Waals surface area (Å²) in [7, 11) is 0. The molecule has 0 aliphatic heterocycles. The standard InChI is InChI=1S/C20H21N5O5S/c1-12-7-8-15(13(2)11-12)21-17(26)9-10-18(27)23-24-20(31)22-19(28)14-5-3-4-6-16(14)25(29)30/h3-8,11H,9-10H2,1-2H3,(H,21,26)(H,23,27)(H2,22,24,28,31). The SMILES string of the molecule is Cc1ccc(NC(=O)CCC(=O)NNC(=S)NC(=O)c2ccccc2[N+](=O)[O-])c(C)c1. The van der Waals surface area contributed by atoms with Gasteiger partial charge in [-0.2, -0.15) is 0 Å². The number of thiocarbonyl (C=S) groups is 1. The Morgan fingerprint density at radius 1 is 1.00 bits per heavy atom. The summed E-state index contributed by atoms with van der Waals surface area (Å²) in [4.78, 5) is 46.4. The molecular formula is C20H21N5O5S. The van der Waals surface area contributed by atoms with Gasteiger partial charge >= 0.3 is 0 Å². The third-order valence-electron chi connectivity index (χ3n) is 4.12. The van der Waals surface area contributed by atoms with E-state index in [1.54, 1.807) is 6.07 Å². The molecule has 0 saturated heterocycles. The van der Waals surface area contributed by atoms with Gasteiger partial charge in [-0.3, -0.25) is 40.7 Å². The zero-order valence-electron chi connectivity index (χ0n) is 16.9. The minimum absolute atomic E-state index is 0.0594. The number of nitro groups is 1. The molecule has 0 heterocycles. The number of carbonyl (C=O) groups excluding carboxylic acids is 3. The first kappa shape index (κ1) is 23.4. The topological polar surface area (TPSA) is 142 Å². The quantitative estimate of drug-likeness (QED) is 0.305. The van der Waals surface area contributed by atoms with Crippen LogP contribution in [0.4, 0.5) is 11.4 Å². The smallest absolute Gasteiger partial charge is 0.282 e. The van der Waals surface area contributed by atoms with E-state index in [0.717, 1.165) is 11.1 Å². The van der Waals surface area contributed by atoms with Crippen molar-refractivity contribution in [3.8, 4) is 0 Å². The molecule has 0 radical (unpaired) electrons. The van der Waals surface area contributed by atoms with Gasteiger partial charge in [-0.15, -0.1) is 0 Å². The average molecular weight is 443 g/mol. The summed E-state index contributed by atoms with van der Waals surface area (Å²) in [6, 6.07) is 11.0. The van der Waals surface area contributed by atoms with Crippen LogP contribution in [0.1, 0.15) is 34.3 Å². The molecule has 0 fully saturated rings. The highest BCUT2D eigenvalue weighted by Gasteiger charge is 2.20. The van der Waals surface area contributed by atoms with Gasteiger partial charge in [0.25, 0.3) is 11.6 Å². The Labute approximate surface area is 183 Å². The summed E-state index contributed by atoms with van der Waals surface area (Å²) in [5.41, 5.74) is 6.69. The van der Waals surface area contributed by atoms with Crippen molar-refractivity contribution in [3.05, 3.63) is 69.3 Å². The predicted octanol–water partition coefficient (Wildman–Crippen LogP) is 2.27. The van der Waals surface area contributed by atoms with Crippen LogP contribution < -0.4 is 21.5 Å². The van der Waals surface area contributed by atoms with E-state index in [0.29, 0.717) is 5.69 Å². The third-order valence-corrected chi connectivity index (χ3v) is 4.33. The van der Waals surface area contributed by atoms with Crippen molar-refractivity contribution in [3.63, 3.8) is 0 Å². The molecule has 0 aliphatic rings. The molecule has 2 aromatic rings. The molecule has 0 bridgehead atoms. The summed E-state index contributed by atoms with van der Waals surface area (Å²) >= 11 is 4.90. The normalized spacial score (nSPS) is 10.0. The summed E-state index contributed by atoms with van der Waals surface area (Å²) in [6.45, 7) is 3.82. The van der Waals surface area contributed by atoms with Gasteiger partial charge in [-0.1, -0.05) is 29.8 Å². The first-order valence-electron chi connectivity index (χ1n) is 9.18. The predicted molar refractivity (Wildman–Crippen MR) is 118 cm³/mol. The molecule has 0 spiro atoms. The van der Waals surface area contributed by atoms with Crippen molar-refractivity contribution in [2.75, 3.05) is 5.32 Å². The van der Waals surface area contributed by atoms with Crippen molar-refractivity contribution < 1.29 is 19.3 Å². The zero-order chi connectivity index (χ0) is 23.0. The number of aryl methyl sites for hydroxylation is 2. The largest absolute Gasteiger partial charge is 0.326 e. The fourth-order valence-corrected chi connectivity index (χ4v) is 2.75. The van der Waals surface area contributed by atoms with Crippen LogP contribution >= 0.6 is 12.2 Å². The molecule has 2 rings (SSSR count). The molecule has 10 nitrogen and oxygen atoms in total. The number of para-hydroxylation sites is 1. The van der Waals surface area contributed by atoms with Gasteiger partial charge in [-0.05, 0) is 43.8 Å². The van der Waals surface area contributed by atoms with Crippen LogP contribution in [0.25, 0.3) is 0 Å². The fraction of sp³-hybridized carbons (Fsp3) is 0.200. The van der Waals surface area contributed by atoms with E-state index >= 15 is 0 Å². The first-order valence-corrected chi connectivity index (χ1v) is 9.59. The molecule has 11 heteroatoms. The second-order valence-corrected chi connectivity index (χ2v) is 7.01. The molecule has 2 aromatic carbocycles. The number of amides is 3. The van der Waals surface area contributed by atoms with Gasteiger partial charge in [0.2, 0.25) is 11.8 Å². The Bertz CT molecular complexity index is 1040. The van der Waals surface area contributed by atoms with E-state index in [1.807, 2.05) is 26.0 Å². The van der Waals surface area contributed by atoms with Crippen LogP contribution in [0.3, 0.4) is 0 Å². The molecule has 3 amide bonds. The van der Waals surface area contributed by atoms with Gasteiger partial charge in [0.05, 0.1) is 4.92 Å². The van der Waals surface area contributed by atoms with Crippen LogP contribution in [0.2, 0.25) is 0 Å². The van der Waals surface area contributed by atoms with E-state index < -0.39 is 16.7 Å². The number of hydrogen-bond acceptors (Lipinski definition) is 6. The van der Waals surface area contributed by atoms with E-state index in [2.05, 4.69) is 21.5 Å². The minimum atomic E-state index is -0.799. The highest BCUT2D eigenvalue weighted by atomic mass is 32.1. The summed E-state index contributed by atoms with van der Waals surface area (Å²) in [6.07, 6.45) is -0.180. The average Bonchev–Trinajstić information content (AvgIpc) is 2.72. The Morgan fingerprint density at radius 3 is 2.35 bits per heavy atom. The Morgan fingerprint density at radius 2 is 1.68 bits per heavy atom. The Hall–Kier alpha value is -3.86. The second kappa shape index (κ2) is 10.8. The van der Waals surface area contributed by atoms with E-state index in [-0.39, 0.29) is 35.1 Å². The number of nitrogens with zero attached hydrogens (tertiary/aromatic N) is 1. The maximum Gasteiger partial charge on any atom is 0.282 e. The molecule has 0 saturated carbocycles. The molecule has 0 aliphatic carbocycles. The summed E-state index contributed by atoms with van der Waals surface area (Å²) < 4.78 is 0. The van der Waals surface area contributed by atoms with Gasteiger partial charge in [0.1, 0.15) is 5.56 Å². The minimum Gasteiger partial charge on any atom is -0.326 e. The number of hydrazine groups is 1. The molecule has 31 heavy (non-hydrogen) atoms.